The molecule has 1 heterocycles. The van der Waals surface area contributed by atoms with E-state index in [1.807, 2.05) is 44.3 Å². The summed E-state index contributed by atoms with van der Waals surface area (Å²) in [6, 6.07) is 18.3. The number of likely N-dealkylation sites (N-methyl/N-ethyl adjacent to an activating group) is 1. The highest BCUT2D eigenvalue weighted by Crippen LogP contribution is 2.34. The van der Waals surface area contributed by atoms with Crippen LogP contribution >= 0.6 is 34.8 Å². The van der Waals surface area contributed by atoms with Crippen LogP contribution in [0.4, 0.5) is 0 Å². The highest BCUT2D eigenvalue weighted by Gasteiger charge is 2.31. The number of carboxylic acid groups (broad SMARTS) is 1. The number of piperidine rings is 1. The summed E-state index contributed by atoms with van der Waals surface area (Å²) >= 11 is 18.5. The van der Waals surface area contributed by atoms with Crippen LogP contribution in [0.3, 0.4) is 0 Å². The van der Waals surface area contributed by atoms with Crippen molar-refractivity contribution in [3.8, 4) is 11.5 Å². The van der Waals surface area contributed by atoms with Crippen molar-refractivity contribution in [2.45, 2.75) is 51.1 Å². The molecular weight excluding hydrogens is 621 g/mol. The van der Waals surface area contributed by atoms with Crippen LogP contribution in [0.15, 0.2) is 54.6 Å². The zero-order valence-corrected chi connectivity index (χ0v) is 27.6. The van der Waals surface area contributed by atoms with Gasteiger partial charge in [0.2, 0.25) is 0 Å². The summed E-state index contributed by atoms with van der Waals surface area (Å²) in [5.74, 6) is 0.00995. The summed E-state index contributed by atoms with van der Waals surface area (Å²) in [5, 5.41) is 21.1. The summed E-state index contributed by atoms with van der Waals surface area (Å²) in [7, 11) is 1.98. The number of nitrogens with one attached hydrogen (secondary N) is 3. The molecule has 1 aliphatic carbocycles. The number of benzene rings is 3. The van der Waals surface area contributed by atoms with Gasteiger partial charge in [-0.25, -0.2) is 0 Å². The number of ether oxygens (including phenoxy) is 2. The largest absolute Gasteiger partial charge is 0.490 e. The van der Waals surface area contributed by atoms with Gasteiger partial charge >= 0.3 is 5.97 Å². The molecule has 3 aromatic carbocycles. The lowest BCUT2D eigenvalue weighted by Gasteiger charge is -2.29. The second-order valence-electron chi connectivity index (χ2n) is 11.3. The Morgan fingerprint density at radius 2 is 1.66 bits per heavy atom. The third kappa shape index (κ3) is 10.5. The van der Waals surface area contributed by atoms with Crippen molar-refractivity contribution >= 4 is 40.8 Å². The first-order valence-electron chi connectivity index (χ1n) is 15.1. The van der Waals surface area contributed by atoms with E-state index in [2.05, 4.69) is 28.1 Å². The van der Waals surface area contributed by atoms with Gasteiger partial charge in [-0.1, -0.05) is 59.1 Å². The molecule has 0 spiro atoms. The fraction of sp³-hybridized carbons (Fsp3) is 0.441. The maximum atomic E-state index is 11.5. The molecule has 0 bridgehead atoms. The Hall–Kier alpha value is -2.52. The summed E-state index contributed by atoms with van der Waals surface area (Å²) in [6.45, 7) is 5.79. The van der Waals surface area contributed by atoms with Crippen LogP contribution in [0, 0.1) is 12.8 Å². The molecule has 7 nitrogen and oxygen atoms in total. The molecule has 2 atom stereocenters. The minimum absolute atomic E-state index is 0.0157. The lowest BCUT2D eigenvalue weighted by atomic mass is 9.81. The van der Waals surface area contributed by atoms with Crippen molar-refractivity contribution in [2.75, 3.05) is 39.9 Å². The number of hydrogen-bond donors (Lipinski definition) is 4. The van der Waals surface area contributed by atoms with Gasteiger partial charge in [-0.15, -0.1) is 0 Å². The molecule has 238 valence electrons. The zero-order chi connectivity index (χ0) is 31.5. The third-order valence-corrected chi connectivity index (χ3v) is 8.71. The summed E-state index contributed by atoms with van der Waals surface area (Å²) < 4.78 is 11.4. The second-order valence-corrected chi connectivity index (χ2v) is 12.5. The summed E-state index contributed by atoms with van der Waals surface area (Å²) in [4.78, 5) is 11.5. The van der Waals surface area contributed by atoms with Gasteiger partial charge in [0, 0.05) is 24.2 Å². The number of rotatable bonds is 13. The molecule has 3 aromatic rings. The van der Waals surface area contributed by atoms with E-state index in [1.165, 1.54) is 24.0 Å². The van der Waals surface area contributed by atoms with E-state index >= 15 is 0 Å². The van der Waals surface area contributed by atoms with Gasteiger partial charge in [0.15, 0.2) is 5.75 Å². The van der Waals surface area contributed by atoms with Crippen LogP contribution in [0.25, 0.3) is 0 Å². The van der Waals surface area contributed by atoms with Crippen LogP contribution in [0.1, 0.15) is 47.4 Å². The Bertz CT molecular complexity index is 1350. The summed E-state index contributed by atoms with van der Waals surface area (Å²) in [6.07, 6.45) is 4.50. The number of aliphatic carboxylic acids is 1. The van der Waals surface area contributed by atoms with Crippen molar-refractivity contribution < 1.29 is 19.4 Å². The molecule has 4 N–H and O–H groups in total. The van der Waals surface area contributed by atoms with Crippen molar-refractivity contribution in [3.05, 3.63) is 91.9 Å². The Labute approximate surface area is 275 Å². The van der Waals surface area contributed by atoms with Crippen LogP contribution in [-0.4, -0.2) is 57.0 Å². The SMILES string of the molecule is CNCCc1ccc(Cl)c(CNC2CC2)c1.Cc1cc(Cl)c(OCCOc2ccc([C@H]3CCNC[C@@H]3C(=O)O)cc2)c(Cl)c1. The van der Waals surface area contributed by atoms with E-state index < -0.39 is 11.9 Å². The minimum atomic E-state index is -0.761. The number of halogens is 3. The molecule has 1 saturated heterocycles. The first kappa shape index (κ1) is 34.4. The fourth-order valence-corrected chi connectivity index (χ4v) is 6.08. The van der Waals surface area contributed by atoms with Crippen molar-refractivity contribution in [2.24, 2.45) is 5.92 Å². The molecular formula is C34H42Cl3N3O4. The van der Waals surface area contributed by atoms with Crippen molar-refractivity contribution in [3.63, 3.8) is 0 Å². The normalized spacial score (nSPS) is 17.8. The Morgan fingerprint density at radius 1 is 0.955 bits per heavy atom. The van der Waals surface area contributed by atoms with E-state index in [0.29, 0.717) is 41.3 Å². The Morgan fingerprint density at radius 3 is 2.32 bits per heavy atom. The molecule has 0 radical (unpaired) electrons. The second kappa shape index (κ2) is 17.2. The van der Waals surface area contributed by atoms with Gasteiger partial charge in [-0.2, -0.15) is 0 Å². The molecule has 1 aliphatic heterocycles. The van der Waals surface area contributed by atoms with E-state index in [9.17, 15) is 9.90 Å². The summed E-state index contributed by atoms with van der Waals surface area (Å²) in [5.41, 5.74) is 4.57. The first-order chi connectivity index (χ1) is 21.2. The fourth-order valence-electron chi connectivity index (χ4n) is 5.19. The standard InChI is InChI=1S/C21H23Cl2NO4.C13H19ClN2/c1-13-10-18(22)20(19(23)11-13)28-9-8-27-15-4-2-14(3-5-15)16-6-7-24-12-17(16)21(25)26;1-15-7-6-10-2-5-13(14)11(8-10)9-16-12-3-4-12/h2-5,10-11,16-17,24H,6-9,12H2,1H3,(H,25,26);2,5,8,12,15-16H,3-4,6-7,9H2,1H3/t16-,17+;/m1./s1. The molecule has 44 heavy (non-hydrogen) atoms. The number of carbonyl (C=O) groups is 1. The van der Waals surface area contributed by atoms with Gasteiger partial charge in [0.05, 0.1) is 16.0 Å². The molecule has 0 unspecified atom stereocenters. The molecule has 0 amide bonds. The third-order valence-electron chi connectivity index (χ3n) is 7.78. The van der Waals surface area contributed by atoms with Gasteiger partial charge in [-0.05, 0) is 111 Å². The quantitative estimate of drug-likeness (QED) is 0.148. The maximum Gasteiger partial charge on any atom is 0.308 e. The number of hydrogen-bond acceptors (Lipinski definition) is 6. The van der Waals surface area contributed by atoms with Gasteiger partial charge < -0.3 is 30.5 Å². The van der Waals surface area contributed by atoms with Crippen LogP contribution in [-0.2, 0) is 17.8 Å². The molecule has 2 aliphatic rings. The van der Waals surface area contributed by atoms with Crippen LogP contribution in [0.5, 0.6) is 11.5 Å². The Balaban J connectivity index is 0.000000233. The monoisotopic (exact) mass is 661 g/mol. The topological polar surface area (TPSA) is 91.9 Å². The van der Waals surface area contributed by atoms with E-state index in [1.54, 1.807) is 12.1 Å². The number of carboxylic acids is 1. The highest BCUT2D eigenvalue weighted by atomic mass is 35.5. The van der Waals surface area contributed by atoms with Gasteiger partial charge in [-0.3, -0.25) is 4.79 Å². The Kier molecular flexibility index (Phi) is 13.5. The smallest absolute Gasteiger partial charge is 0.308 e. The van der Waals surface area contributed by atoms with Gasteiger partial charge in [0.25, 0.3) is 0 Å². The van der Waals surface area contributed by atoms with E-state index in [-0.39, 0.29) is 5.92 Å². The van der Waals surface area contributed by atoms with Crippen LogP contribution in [0.2, 0.25) is 15.1 Å². The molecule has 1 saturated carbocycles. The maximum absolute atomic E-state index is 11.5. The number of aryl methyl sites for hydroxylation is 1. The van der Waals surface area contributed by atoms with E-state index in [4.69, 9.17) is 44.3 Å². The molecule has 0 aromatic heterocycles. The minimum Gasteiger partial charge on any atom is -0.490 e. The highest BCUT2D eigenvalue weighted by molar-refractivity contribution is 6.37. The molecule has 2 fully saturated rings. The average molecular weight is 663 g/mol. The predicted molar refractivity (Wildman–Crippen MR) is 179 cm³/mol. The van der Waals surface area contributed by atoms with Crippen molar-refractivity contribution in [1.82, 2.24) is 16.0 Å². The lowest BCUT2D eigenvalue weighted by Crippen LogP contribution is -2.39. The molecule has 5 rings (SSSR count). The predicted octanol–water partition coefficient (Wildman–Crippen LogP) is 6.89. The first-order valence-corrected chi connectivity index (χ1v) is 16.3. The van der Waals surface area contributed by atoms with Crippen LogP contribution < -0.4 is 25.4 Å². The zero-order valence-electron chi connectivity index (χ0n) is 25.3. The van der Waals surface area contributed by atoms with E-state index in [0.717, 1.165) is 54.7 Å². The lowest BCUT2D eigenvalue weighted by molar-refractivity contribution is -0.142. The average Bonchev–Trinajstić information content (AvgIpc) is 3.84. The van der Waals surface area contributed by atoms with Crippen molar-refractivity contribution in [1.29, 1.82) is 0 Å². The van der Waals surface area contributed by atoms with Gasteiger partial charge in [0.1, 0.15) is 19.0 Å². The molecule has 10 heteroatoms.